The van der Waals surface area contributed by atoms with E-state index in [1.54, 1.807) is 30.8 Å². The van der Waals surface area contributed by atoms with E-state index in [2.05, 4.69) is 15.6 Å². The Hall–Kier alpha value is -2.52. The zero-order valence-corrected chi connectivity index (χ0v) is 14.7. The van der Waals surface area contributed by atoms with Crippen molar-refractivity contribution in [3.8, 4) is 0 Å². The number of aromatic nitrogens is 2. The number of rotatable bonds is 9. The Kier molecular flexibility index (Phi) is 6.84. The van der Waals surface area contributed by atoms with Gasteiger partial charge in [0.15, 0.2) is 5.01 Å². The molecule has 0 fully saturated rings. The van der Waals surface area contributed by atoms with Crippen molar-refractivity contribution in [2.75, 3.05) is 18.9 Å². The van der Waals surface area contributed by atoms with E-state index in [9.17, 15) is 14.4 Å². The molecule has 0 aliphatic carbocycles. The largest absolute Gasteiger partial charge is 0.384 e. The Bertz CT molecular complexity index is 772. The number of Topliss-reactive ketones (excluding diaryl/α,β-unsaturated/α-hetero) is 1. The number of pyridine rings is 1. The minimum Gasteiger partial charge on any atom is -0.384 e. The third-order valence-electron chi connectivity index (χ3n) is 3.60. The van der Waals surface area contributed by atoms with E-state index < -0.39 is 11.9 Å². The number of nitrogens with two attached hydrogens (primary N) is 1. The first-order valence-electron chi connectivity index (χ1n) is 7.87. The van der Waals surface area contributed by atoms with Crippen molar-refractivity contribution in [2.24, 2.45) is 5.73 Å². The van der Waals surface area contributed by atoms with Crippen LogP contribution >= 0.6 is 11.3 Å². The number of thiazole rings is 1. The fourth-order valence-corrected chi connectivity index (χ4v) is 2.96. The highest BCUT2D eigenvalue weighted by molar-refractivity contribution is 7.11. The number of amides is 1. The highest BCUT2D eigenvalue weighted by Gasteiger charge is 2.23. The average Bonchev–Trinajstić information content (AvgIpc) is 3.14. The van der Waals surface area contributed by atoms with Crippen LogP contribution in [-0.2, 0) is 11.3 Å². The van der Waals surface area contributed by atoms with Gasteiger partial charge >= 0.3 is 0 Å². The zero-order chi connectivity index (χ0) is 18.2. The second kappa shape index (κ2) is 9.09. The molecule has 9 heteroatoms. The van der Waals surface area contributed by atoms with Crippen molar-refractivity contribution < 1.29 is 9.59 Å². The molecular weight excluding hydrogens is 342 g/mol. The van der Waals surface area contributed by atoms with Gasteiger partial charge in [-0.15, -0.1) is 11.3 Å². The van der Waals surface area contributed by atoms with Crippen LogP contribution < -0.4 is 21.9 Å². The van der Waals surface area contributed by atoms with Crippen LogP contribution in [-0.4, -0.2) is 40.9 Å². The van der Waals surface area contributed by atoms with Crippen molar-refractivity contribution in [1.29, 1.82) is 0 Å². The number of hydrogen-bond acceptors (Lipinski definition) is 7. The molecule has 4 N–H and O–H groups in total. The van der Waals surface area contributed by atoms with Crippen LogP contribution in [0.1, 0.15) is 22.6 Å². The van der Waals surface area contributed by atoms with E-state index in [0.717, 1.165) is 0 Å². The third-order valence-corrected chi connectivity index (χ3v) is 4.38. The molecule has 134 valence electrons. The zero-order valence-electron chi connectivity index (χ0n) is 13.9. The number of nitrogens with one attached hydrogen (secondary N) is 2. The van der Waals surface area contributed by atoms with Crippen LogP contribution in [0.2, 0.25) is 0 Å². The molecule has 2 aromatic heterocycles. The minimum absolute atomic E-state index is 0.168. The lowest BCUT2D eigenvalue weighted by Gasteiger charge is -2.17. The Morgan fingerprint density at radius 1 is 1.44 bits per heavy atom. The van der Waals surface area contributed by atoms with E-state index in [1.165, 1.54) is 22.1 Å². The molecule has 0 saturated carbocycles. The Labute approximate surface area is 149 Å². The van der Waals surface area contributed by atoms with E-state index in [1.807, 2.05) is 0 Å². The molecule has 0 saturated heterocycles. The minimum atomic E-state index is -0.703. The Morgan fingerprint density at radius 2 is 2.24 bits per heavy atom. The second-order valence-electron chi connectivity index (χ2n) is 5.36. The molecule has 0 bridgehead atoms. The van der Waals surface area contributed by atoms with Crippen molar-refractivity contribution in [3.05, 3.63) is 45.3 Å². The topological polar surface area (TPSA) is 119 Å². The maximum atomic E-state index is 12.5. The van der Waals surface area contributed by atoms with Gasteiger partial charge in [0.05, 0.1) is 6.04 Å². The molecule has 0 spiro atoms. The molecule has 25 heavy (non-hydrogen) atoms. The van der Waals surface area contributed by atoms with Gasteiger partial charge in [0.25, 0.3) is 5.56 Å². The summed E-state index contributed by atoms with van der Waals surface area (Å²) in [5, 5.41) is 7.52. The summed E-state index contributed by atoms with van der Waals surface area (Å²) >= 11 is 1.22. The number of carbonyl (C=O) groups is 2. The highest BCUT2D eigenvalue weighted by atomic mass is 32.1. The van der Waals surface area contributed by atoms with Crippen LogP contribution in [0.15, 0.2) is 34.7 Å². The summed E-state index contributed by atoms with van der Waals surface area (Å²) in [5.74, 6) is -0.657. The molecule has 0 aromatic carbocycles. The number of ketones is 1. The molecule has 2 rings (SSSR count). The molecular formula is C16H21N5O3S. The molecule has 0 unspecified atom stereocenters. The van der Waals surface area contributed by atoms with Crippen LogP contribution in [0.4, 0.5) is 5.69 Å². The predicted octanol–water partition coefficient (Wildman–Crippen LogP) is 0.453. The van der Waals surface area contributed by atoms with Crippen LogP contribution in [0.5, 0.6) is 0 Å². The summed E-state index contributed by atoms with van der Waals surface area (Å²) in [6.07, 6.45) is 4.09. The van der Waals surface area contributed by atoms with Crippen molar-refractivity contribution in [2.45, 2.75) is 25.4 Å². The van der Waals surface area contributed by atoms with Gasteiger partial charge in [0.2, 0.25) is 11.7 Å². The van der Waals surface area contributed by atoms with Gasteiger partial charge in [-0.25, -0.2) is 4.98 Å². The third kappa shape index (κ3) is 4.97. The Balaban J connectivity index is 2.09. The van der Waals surface area contributed by atoms with Gasteiger partial charge in [0, 0.05) is 24.8 Å². The fraction of sp³-hybridized carbons (Fsp3) is 0.375. The second-order valence-corrected chi connectivity index (χ2v) is 6.25. The first-order chi connectivity index (χ1) is 12.1. The lowest BCUT2D eigenvalue weighted by molar-refractivity contribution is -0.122. The SMILES string of the molecule is CNc1cccn(CC(=O)N[C@@H](CCCN)C(=O)c2nccs2)c1=O. The summed E-state index contributed by atoms with van der Waals surface area (Å²) in [6.45, 7) is 0.250. The number of nitrogens with zero attached hydrogens (tertiary/aromatic N) is 2. The number of anilines is 1. The summed E-state index contributed by atoms with van der Waals surface area (Å²) in [4.78, 5) is 40.9. The Morgan fingerprint density at radius 3 is 2.88 bits per heavy atom. The smallest absolute Gasteiger partial charge is 0.274 e. The summed E-state index contributed by atoms with van der Waals surface area (Å²) in [7, 11) is 1.64. The molecule has 1 amide bonds. The van der Waals surface area contributed by atoms with E-state index in [4.69, 9.17) is 5.73 Å². The molecule has 2 aromatic rings. The van der Waals surface area contributed by atoms with Crippen molar-refractivity contribution in [3.63, 3.8) is 0 Å². The number of carbonyl (C=O) groups excluding carboxylic acids is 2. The molecule has 0 aliphatic rings. The van der Waals surface area contributed by atoms with Gasteiger partial charge in [-0.3, -0.25) is 14.4 Å². The van der Waals surface area contributed by atoms with Crippen LogP contribution in [0.25, 0.3) is 0 Å². The maximum Gasteiger partial charge on any atom is 0.274 e. The molecule has 8 nitrogen and oxygen atoms in total. The summed E-state index contributed by atoms with van der Waals surface area (Å²) < 4.78 is 1.29. The quantitative estimate of drug-likeness (QED) is 0.557. The summed E-state index contributed by atoms with van der Waals surface area (Å²) in [6, 6.07) is 2.60. The fourth-order valence-electron chi connectivity index (χ4n) is 2.33. The number of hydrogen-bond donors (Lipinski definition) is 3. The van der Waals surface area contributed by atoms with Crippen molar-refractivity contribution >= 4 is 28.7 Å². The first kappa shape index (κ1) is 18.8. The van der Waals surface area contributed by atoms with Crippen molar-refractivity contribution in [1.82, 2.24) is 14.9 Å². The van der Waals surface area contributed by atoms with Crippen LogP contribution in [0, 0.1) is 0 Å². The monoisotopic (exact) mass is 363 g/mol. The molecule has 0 aliphatic heterocycles. The van der Waals surface area contributed by atoms with Crippen LogP contribution in [0.3, 0.4) is 0 Å². The van der Waals surface area contributed by atoms with Gasteiger partial charge < -0.3 is 20.9 Å². The first-order valence-corrected chi connectivity index (χ1v) is 8.75. The lowest BCUT2D eigenvalue weighted by Crippen LogP contribution is -2.43. The van der Waals surface area contributed by atoms with E-state index >= 15 is 0 Å². The highest BCUT2D eigenvalue weighted by Crippen LogP contribution is 2.11. The van der Waals surface area contributed by atoms with E-state index in [0.29, 0.717) is 30.1 Å². The standard InChI is InChI=1S/C16H21N5O3S/c1-18-12-5-3-8-21(16(12)24)10-13(22)20-11(4-2-6-17)14(23)15-19-7-9-25-15/h3,5,7-9,11,18H,2,4,6,10,17H2,1H3,(H,20,22)/t11-/m0/s1. The normalized spacial score (nSPS) is 11.8. The van der Waals surface area contributed by atoms with Gasteiger partial charge in [0.1, 0.15) is 12.2 Å². The predicted molar refractivity (Wildman–Crippen MR) is 96.9 cm³/mol. The van der Waals surface area contributed by atoms with E-state index in [-0.39, 0.29) is 17.9 Å². The summed E-state index contributed by atoms with van der Waals surface area (Å²) in [5.41, 5.74) is 5.61. The maximum absolute atomic E-state index is 12.5. The molecule has 1 atom stereocenters. The average molecular weight is 363 g/mol. The van der Waals surface area contributed by atoms with Gasteiger partial charge in [-0.1, -0.05) is 0 Å². The molecule has 0 radical (unpaired) electrons. The molecule has 2 heterocycles. The van der Waals surface area contributed by atoms with Gasteiger partial charge in [-0.05, 0) is 31.5 Å². The lowest BCUT2D eigenvalue weighted by atomic mass is 10.1. The van der Waals surface area contributed by atoms with Gasteiger partial charge in [-0.2, -0.15) is 0 Å².